The molecular weight excluding hydrogens is 442 g/mol. The monoisotopic (exact) mass is 473 g/mol. The summed E-state index contributed by atoms with van der Waals surface area (Å²) in [5, 5.41) is 4.81. The normalized spacial score (nSPS) is 13.9. The van der Waals surface area contributed by atoms with Gasteiger partial charge < -0.3 is 19.9 Å². The molecule has 1 aliphatic rings. The minimum atomic E-state index is -0.253. The number of ether oxygens (including phenoxy) is 1. The SMILES string of the molecule is CCN(CC(=O)Nc1cccc(OC)c1)C(=O)C1CCN(C(=O)c2cccc3ccccc23)CC1. The molecule has 0 aliphatic carbocycles. The number of nitrogens with one attached hydrogen (secondary N) is 1. The average molecular weight is 474 g/mol. The van der Waals surface area contributed by atoms with Crippen LogP contribution in [0.4, 0.5) is 5.69 Å². The number of amides is 3. The van der Waals surface area contributed by atoms with Gasteiger partial charge in [0.15, 0.2) is 0 Å². The van der Waals surface area contributed by atoms with Crippen molar-refractivity contribution in [2.45, 2.75) is 19.8 Å². The van der Waals surface area contributed by atoms with Crippen LogP contribution in [0.1, 0.15) is 30.1 Å². The topological polar surface area (TPSA) is 79.0 Å². The number of likely N-dealkylation sites (tertiary alicyclic amines) is 1. The number of anilines is 1. The van der Waals surface area contributed by atoms with Gasteiger partial charge >= 0.3 is 0 Å². The van der Waals surface area contributed by atoms with E-state index in [9.17, 15) is 14.4 Å². The number of hydrogen-bond acceptors (Lipinski definition) is 4. The zero-order valence-electron chi connectivity index (χ0n) is 20.2. The molecule has 7 nitrogen and oxygen atoms in total. The maximum absolute atomic E-state index is 13.2. The summed E-state index contributed by atoms with van der Waals surface area (Å²) >= 11 is 0. The highest BCUT2D eigenvalue weighted by molar-refractivity contribution is 6.07. The van der Waals surface area contributed by atoms with Gasteiger partial charge in [0.25, 0.3) is 5.91 Å². The van der Waals surface area contributed by atoms with E-state index < -0.39 is 0 Å². The molecule has 3 amide bonds. The van der Waals surface area contributed by atoms with Crippen LogP contribution in [0, 0.1) is 5.92 Å². The predicted molar refractivity (Wildman–Crippen MR) is 136 cm³/mol. The van der Waals surface area contributed by atoms with Gasteiger partial charge in [-0.1, -0.05) is 42.5 Å². The Hall–Kier alpha value is -3.87. The number of nitrogens with zero attached hydrogens (tertiary/aromatic N) is 2. The third-order valence-corrected chi connectivity index (χ3v) is 6.53. The van der Waals surface area contributed by atoms with Crippen LogP contribution < -0.4 is 10.1 Å². The van der Waals surface area contributed by atoms with E-state index in [1.54, 1.807) is 36.3 Å². The van der Waals surface area contributed by atoms with Crippen molar-refractivity contribution >= 4 is 34.2 Å². The van der Waals surface area contributed by atoms with Gasteiger partial charge in [-0.25, -0.2) is 0 Å². The van der Waals surface area contributed by atoms with Gasteiger partial charge in [-0.05, 0) is 48.7 Å². The van der Waals surface area contributed by atoms with Crippen LogP contribution in [0.3, 0.4) is 0 Å². The first kappa shape index (κ1) is 24.3. The third kappa shape index (κ3) is 5.62. The van der Waals surface area contributed by atoms with Gasteiger partial charge in [0.05, 0.1) is 13.7 Å². The van der Waals surface area contributed by atoms with Crippen molar-refractivity contribution in [2.24, 2.45) is 5.92 Å². The lowest BCUT2D eigenvalue weighted by Gasteiger charge is -2.34. The highest BCUT2D eigenvalue weighted by Gasteiger charge is 2.31. The van der Waals surface area contributed by atoms with Crippen LogP contribution in [-0.2, 0) is 9.59 Å². The van der Waals surface area contributed by atoms with Gasteiger partial charge in [0.1, 0.15) is 5.75 Å². The summed E-state index contributed by atoms with van der Waals surface area (Å²) in [6.45, 7) is 3.34. The smallest absolute Gasteiger partial charge is 0.254 e. The fourth-order valence-electron chi connectivity index (χ4n) is 4.59. The molecule has 0 unspecified atom stereocenters. The van der Waals surface area contributed by atoms with Crippen molar-refractivity contribution in [3.05, 3.63) is 72.3 Å². The van der Waals surface area contributed by atoms with E-state index in [4.69, 9.17) is 4.74 Å². The van der Waals surface area contributed by atoms with E-state index in [1.165, 1.54) is 0 Å². The Balaban J connectivity index is 1.34. The number of piperidine rings is 1. The number of benzene rings is 3. The van der Waals surface area contributed by atoms with E-state index >= 15 is 0 Å². The Morgan fingerprint density at radius 3 is 2.46 bits per heavy atom. The lowest BCUT2D eigenvalue weighted by molar-refractivity contribution is -0.139. The van der Waals surface area contributed by atoms with E-state index in [0.717, 1.165) is 10.8 Å². The van der Waals surface area contributed by atoms with Crippen molar-refractivity contribution in [1.29, 1.82) is 0 Å². The molecule has 0 saturated carbocycles. The highest BCUT2D eigenvalue weighted by atomic mass is 16.5. The fraction of sp³-hybridized carbons (Fsp3) is 0.321. The van der Waals surface area contributed by atoms with E-state index in [0.29, 0.717) is 49.5 Å². The summed E-state index contributed by atoms with van der Waals surface area (Å²) < 4.78 is 5.19. The van der Waals surface area contributed by atoms with Gasteiger partial charge in [-0.2, -0.15) is 0 Å². The molecular formula is C28H31N3O4. The summed E-state index contributed by atoms with van der Waals surface area (Å²) in [7, 11) is 1.57. The lowest BCUT2D eigenvalue weighted by Crippen LogP contribution is -2.46. The molecule has 0 bridgehead atoms. The van der Waals surface area contributed by atoms with Crippen molar-refractivity contribution in [3.63, 3.8) is 0 Å². The molecule has 1 fully saturated rings. The standard InChI is InChI=1S/C28H31N3O4/c1-3-30(19-26(32)29-22-10-7-11-23(18-22)35-2)27(33)21-14-16-31(17-15-21)28(34)25-13-6-9-20-8-4-5-12-24(20)25/h4-13,18,21H,3,14-17,19H2,1-2H3,(H,29,32). The molecule has 1 aliphatic heterocycles. The second-order valence-corrected chi connectivity index (χ2v) is 8.73. The third-order valence-electron chi connectivity index (χ3n) is 6.53. The molecule has 0 radical (unpaired) electrons. The second-order valence-electron chi connectivity index (χ2n) is 8.73. The molecule has 182 valence electrons. The first-order valence-corrected chi connectivity index (χ1v) is 12.0. The van der Waals surface area contributed by atoms with Crippen LogP contribution in [0.2, 0.25) is 0 Å². The fourth-order valence-corrected chi connectivity index (χ4v) is 4.59. The molecule has 35 heavy (non-hydrogen) atoms. The molecule has 0 atom stereocenters. The Labute approximate surface area is 205 Å². The van der Waals surface area contributed by atoms with Gasteiger partial charge in [-0.3, -0.25) is 14.4 Å². The number of carbonyl (C=O) groups excluding carboxylic acids is 3. The first-order chi connectivity index (χ1) is 17.0. The van der Waals surface area contributed by atoms with Crippen LogP contribution >= 0.6 is 0 Å². The molecule has 1 heterocycles. The zero-order chi connectivity index (χ0) is 24.8. The Bertz CT molecular complexity index is 1210. The largest absolute Gasteiger partial charge is 0.497 e. The Morgan fingerprint density at radius 1 is 1.00 bits per heavy atom. The van der Waals surface area contributed by atoms with Crippen LogP contribution in [0.5, 0.6) is 5.75 Å². The summed E-state index contributed by atoms with van der Waals surface area (Å²) in [6.07, 6.45) is 1.17. The zero-order valence-corrected chi connectivity index (χ0v) is 20.2. The summed E-state index contributed by atoms with van der Waals surface area (Å²) in [5.74, 6) is 0.160. The van der Waals surface area contributed by atoms with Crippen molar-refractivity contribution in [1.82, 2.24) is 9.80 Å². The van der Waals surface area contributed by atoms with E-state index in [-0.39, 0.29) is 30.2 Å². The minimum Gasteiger partial charge on any atom is -0.497 e. The van der Waals surface area contributed by atoms with Gasteiger partial charge in [0, 0.05) is 42.9 Å². The van der Waals surface area contributed by atoms with Gasteiger partial charge in [-0.15, -0.1) is 0 Å². The van der Waals surface area contributed by atoms with Crippen LogP contribution in [0.15, 0.2) is 66.7 Å². The summed E-state index contributed by atoms with van der Waals surface area (Å²) in [6, 6.07) is 20.7. The first-order valence-electron chi connectivity index (χ1n) is 12.0. The summed E-state index contributed by atoms with van der Waals surface area (Å²) in [4.78, 5) is 42.4. The Kier molecular flexibility index (Phi) is 7.65. The number of hydrogen-bond donors (Lipinski definition) is 1. The number of rotatable bonds is 7. The predicted octanol–water partition coefficient (Wildman–Crippen LogP) is 4.19. The highest BCUT2D eigenvalue weighted by Crippen LogP contribution is 2.25. The molecule has 1 saturated heterocycles. The molecule has 7 heteroatoms. The number of methoxy groups -OCH3 is 1. The molecule has 0 aromatic heterocycles. The van der Waals surface area contributed by atoms with E-state index in [1.807, 2.05) is 54.3 Å². The van der Waals surface area contributed by atoms with E-state index in [2.05, 4.69) is 5.32 Å². The quantitative estimate of drug-likeness (QED) is 0.558. The minimum absolute atomic E-state index is 0.00212. The van der Waals surface area contributed by atoms with Crippen LogP contribution in [0.25, 0.3) is 10.8 Å². The van der Waals surface area contributed by atoms with Crippen molar-refractivity contribution in [3.8, 4) is 5.75 Å². The number of fused-ring (bicyclic) bond motifs is 1. The van der Waals surface area contributed by atoms with Gasteiger partial charge in [0.2, 0.25) is 11.8 Å². The molecule has 3 aromatic rings. The van der Waals surface area contributed by atoms with Crippen molar-refractivity contribution < 1.29 is 19.1 Å². The van der Waals surface area contributed by atoms with Crippen molar-refractivity contribution in [2.75, 3.05) is 38.6 Å². The molecule has 0 spiro atoms. The molecule has 3 aromatic carbocycles. The average Bonchev–Trinajstić information content (AvgIpc) is 2.90. The maximum atomic E-state index is 13.2. The maximum Gasteiger partial charge on any atom is 0.254 e. The molecule has 4 rings (SSSR count). The number of carbonyl (C=O) groups is 3. The number of likely N-dealkylation sites (N-methyl/N-ethyl adjacent to an activating group) is 1. The molecule has 1 N–H and O–H groups in total. The van der Waals surface area contributed by atoms with Crippen LogP contribution in [-0.4, -0.2) is 60.8 Å². The lowest BCUT2D eigenvalue weighted by atomic mass is 9.94. The summed E-state index contributed by atoms with van der Waals surface area (Å²) in [5.41, 5.74) is 1.32. The second kappa shape index (κ2) is 11.0. The Morgan fingerprint density at radius 2 is 1.71 bits per heavy atom.